The van der Waals surface area contributed by atoms with Crippen molar-refractivity contribution in [1.82, 2.24) is 10.6 Å². The molecular weight excluding hydrogens is 481 g/mol. The molecule has 0 spiro atoms. The Morgan fingerprint density at radius 3 is 2.08 bits per heavy atom. The standard InChI is InChI=1S/C18H28IN3O2S2/c1-16-6-12-22(13-7-16)11-3-5-18(24)21-10-15-26-25-14-9-20-17(23)4-2-8-19/h6-7,12-13H,2-5,8-11,14-15H2,1H3,(H-,20,21,23,24)/p+1. The summed E-state index contributed by atoms with van der Waals surface area (Å²) >= 11 is 2.28. The summed E-state index contributed by atoms with van der Waals surface area (Å²) in [4.78, 5) is 23.2. The Labute approximate surface area is 178 Å². The van der Waals surface area contributed by atoms with Crippen LogP contribution in [0.5, 0.6) is 0 Å². The Hall–Kier alpha value is -0.480. The Balaban J connectivity index is 1.90. The molecule has 0 aliphatic heterocycles. The van der Waals surface area contributed by atoms with E-state index in [4.69, 9.17) is 0 Å². The van der Waals surface area contributed by atoms with Crippen LogP contribution in [0.2, 0.25) is 0 Å². The lowest BCUT2D eigenvalue weighted by Crippen LogP contribution is -2.34. The van der Waals surface area contributed by atoms with Gasteiger partial charge in [-0.2, -0.15) is 0 Å². The van der Waals surface area contributed by atoms with Crippen LogP contribution >= 0.6 is 44.2 Å². The number of aryl methyl sites for hydroxylation is 2. The number of pyridine rings is 1. The number of amides is 2. The molecule has 0 aliphatic rings. The molecule has 1 rings (SSSR count). The van der Waals surface area contributed by atoms with Gasteiger partial charge >= 0.3 is 0 Å². The van der Waals surface area contributed by atoms with E-state index in [1.165, 1.54) is 5.56 Å². The monoisotopic (exact) mass is 510 g/mol. The summed E-state index contributed by atoms with van der Waals surface area (Å²) in [6, 6.07) is 4.15. The highest BCUT2D eigenvalue weighted by atomic mass is 127. The van der Waals surface area contributed by atoms with E-state index in [-0.39, 0.29) is 11.8 Å². The van der Waals surface area contributed by atoms with Crippen molar-refractivity contribution in [2.24, 2.45) is 0 Å². The van der Waals surface area contributed by atoms with Crippen LogP contribution in [0.4, 0.5) is 0 Å². The van der Waals surface area contributed by atoms with E-state index in [1.807, 2.05) is 12.4 Å². The average molecular weight is 510 g/mol. The number of hydrogen-bond donors (Lipinski definition) is 2. The lowest BCUT2D eigenvalue weighted by Gasteiger charge is -2.05. The number of carbonyl (C=O) groups is 2. The summed E-state index contributed by atoms with van der Waals surface area (Å²) in [7, 11) is 3.46. The summed E-state index contributed by atoms with van der Waals surface area (Å²) < 4.78 is 3.12. The van der Waals surface area contributed by atoms with E-state index in [0.29, 0.717) is 25.9 Å². The topological polar surface area (TPSA) is 62.1 Å². The molecule has 0 bridgehead atoms. The zero-order valence-electron chi connectivity index (χ0n) is 15.3. The molecule has 1 heterocycles. The SMILES string of the molecule is Cc1cc[n+](CCCC(=O)NCCSSCCNC(=O)CCCI)cc1. The van der Waals surface area contributed by atoms with Gasteiger partial charge < -0.3 is 10.6 Å². The van der Waals surface area contributed by atoms with Gasteiger partial charge in [-0.15, -0.1) is 0 Å². The minimum Gasteiger partial charge on any atom is -0.355 e. The largest absolute Gasteiger partial charge is 0.355 e. The van der Waals surface area contributed by atoms with Gasteiger partial charge in [0.1, 0.15) is 6.54 Å². The van der Waals surface area contributed by atoms with Crippen LogP contribution in [-0.2, 0) is 16.1 Å². The van der Waals surface area contributed by atoms with Gasteiger partial charge in [0, 0.05) is 60.4 Å². The van der Waals surface area contributed by atoms with Crippen molar-refractivity contribution in [3.63, 3.8) is 0 Å². The lowest BCUT2D eigenvalue weighted by atomic mass is 10.2. The van der Waals surface area contributed by atoms with E-state index in [1.54, 1.807) is 21.6 Å². The first kappa shape index (κ1) is 23.6. The van der Waals surface area contributed by atoms with Gasteiger partial charge in [-0.3, -0.25) is 9.59 Å². The van der Waals surface area contributed by atoms with Crippen LogP contribution in [-0.4, -0.2) is 40.8 Å². The smallest absolute Gasteiger partial charge is 0.220 e. The number of hydrogen-bond acceptors (Lipinski definition) is 4. The predicted octanol–water partition coefficient (Wildman–Crippen LogP) is 2.89. The van der Waals surface area contributed by atoms with Crippen LogP contribution < -0.4 is 15.2 Å². The maximum atomic E-state index is 11.8. The van der Waals surface area contributed by atoms with Crippen molar-refractivity contribution in [2.75, 3.05) is 29.0 Å². The molecule has 5 nitrogen and oxygen atoms in total. The third-order valence-corrected chi connectivity index (χ3v) is 6.68. The van der Waals surface area contributed by atoms with Gasteiger partial charge in [0.15, 0.2) is 12.4 Å². The van der Waals surface area contributed by atoms with E-state index in [0.717, 1.165) is 35.3 Å². The molecule has 146 valence electrons. The van der Waals surface area contributed by atoms with Crippen LogP contribution in [0.1, 0.15) is 31.2 Å². The first-order valence-electron chi connectivity index (χ1n) is 8.91. The third-order valence-electron chi connectivity index (χ3n) is 3.51. The van der Waals surface area contributed by atoms with Gasteiger partial charge in [0.2, 0.25) is 11.8 Å². The minimum absolute atomic E-state index is 0.117. The van der Waals surface area contributed by atoms with E-state index >= 15 is 0 Å². The second kappa shape index (κ2) is 15.6. The second-order valence-electron chi connectivity index (χ2n) is 5.85. The molecule has 1 aromatic heterocycles. The minimum atomic E-state index is 0.117. The highest BCUT2D eigenvalue weighted by molar-refractivity contribution is 14.1. The summed E-state index contributed by atoms with van der Waals surface area (Å²) in [5, 5.41) is 5.88. The summed E-state index contributed by atoms with van der Waals surface area (Å²) in [5.41, 5.74) is 1.24. The van der Waals surface area contributed by atoms with Crippen molar-refractivity contribution in [1.29, 1.82) is 0 Å². The van der Waals surface area contributed by atoms with Gasteiger partial charge in [0.25, 0.3) is 0 Å². The molecule has 0 aromatic carbocycles. The van der Waals surface area contributed by atoms with Gasteiger partial charge in [0.05, 0.1) is 0 Å². The number of aromatic nitrogens is 1. The van der Waals surface area contributed by atoms with Crippen molar-refractivity contribution < 1.29 is 14.2 Å². The molecule has 26 heavy (non-hydrogen) atoms. The molecule has 0 saturated carbocycles. The number of halogens is 1. The Kier molecular flexibility index (Phi) is 14.1. The Morgan fingerprint density at radius 1 is 1.00 bits per heavy atom. The average Bonchev–Trinajstić information content (AvgIpc) is 2.63. The lowest BCUT2D eigenvalue weighted by molar-refractivity contribution is -0.697. The molecule has 0 atom stereocenters. The molecule has 0 fully saturated rings. The van der Waals surface area contributed by atoms with Gasteiger partial charge in [-0.05, 0) is 18.9 Å². The fourth-order valence-electron chi connectivity index (χ4n) is 2.09. The molecule has 1 aromatic rings. The van der Waals surface area contributed by atoms with Crippen LogP contribution in [0.25, 0.3) is 0 Å². The predicted molar refractivity (Wildman–Crippen MR) is 120 cm³/mol. The van der Waals surface area contributed by atoms with Crippen LogP contribution in [0.3, 0.4) is 0 Å². The maximum absolute atomic E-state index is 11.8. The zero-order chi connectivity index (χ0) is 19.0. The highest BCUT2D eigenvalue weighted by Gasteiger charge is 2.04. The van der Waals surface area contributed by atoms with Crippen molar-refractivity contribution in [3.05, 3.63) is 30.1 Å². The van der Waals surface area contributed by atoms with Crippen LogP contribution in [0, 0.1) is 6.92 Å². The third kappa shape index (κ3) is 12.8. The van der Waals surface area contributed by atoms with Crippen molar-refractivity contribution >= 4 is 56.0 Å². The summed E-state index contributed by atoms with van der Waals surface area (Å²) in [6.45, 7) is 4.33. The number of nitrogens with one attached hydrogen (secondary N) is 2. The molecule has 2 amide bonds. The van der Waals surface area contributed by atoms with Gasteiger partial charge in [-0.25, -0.2) is 4.57 Å². The van der Waals surface area contributed by atoms with E-state index < -0.39 is 0 Å². The van der Waals surface area contributed by atoms with Crippen LogP contribution in [0.15, 0.2) is 24.5 Å². The maximum Gasteiger partial charge on any atom is 0.220 e. The normalized spacial score (nSPS) is 10.5. The molecule has 0 aliphatic carbocycles. The molecular formula is C18H29IN3O2S2+. The van der Waals surface area contributed by atoms with Crippen molar-refractivity contribution in [3.8, 4) is 0 Å². The number of nitrogens with zero attached hydrogens (tertiary/aromatic N) is 1. The van der Waals surface area contributed by atoms with E-state index in [2.05, 4.69) is 56.8 Å². The molecule has 8 heteroatoms. The first-order chi connectivity index (χ1) is 12.6. The first-order valence-corrected chi connectivity index (χ1v) is 12.9. The quantitative estimate of drug-likeness (QED) is 0.133. The summed E-state index contributed by atoms with van der Waals surface area (Å²) in [5.74, 6) is 2.03. The fourth-order valence-corrected chi connectivity index (χ4v) is 4.28. The fraction of sp³-hybridized carbons (Fsp3) is 0.611. The Morgan fingerprint density at radius 2 is 1.54 bits per heavy atom. The van der Waals surface area contributed by atoms with Crippen molar-refractivity contribution in [2.45, 2.75) is 39.2 Å². The Bertz CT molecular complexity index is 530. The van der Waals surface area contributed by atoms with Gasteiger partial charge in [-0.1, -0.05) is 44.2 Å². The molecule has 2 N–H and O–H groups in total. The second-order valence-corrected chi connectivity index (χ2v) is 9.63. The molecule has 0 saturated heterocycles. The van der Waals surface area contributed by atoms with E-state index in [9.17, 15) is 9.59 Å². The number of alkyl halides is 1. The molecule has 0 unspecified atom stereocenters. The molecule has 0 radical (unpaired) electrons. The summed E-state index contributed by atoms with van der Waals surface area (Å²) in [6.07, 6.45) is 7.06. The highest BCUT2D eigenvalue weighted by Crippen LogP contribution is 2.19. The number of rotatable bonds is 14. The number of carbonyl (C=O) groups excluding carboxylic acids is 2. The zero-order valence-corrected chi connectivity index (χ0v) is 19.1.